The largest absolute Gasteiger partial charge is 0.497 e. The molecule has 0 amide bonds. The molecule has 1 unspecified atom stereocenters. The maximum atomic E-state index is 11.9. The van der Waals surface area contributed by atoms with E-state index >= 15 is 0 Å². The van der Waals surface area contributed by atoms with E-state index in [2.05, 4.69) is 10.1 Å². The predicted molar refractivity (Wildman–Crippen MR) is 72.8 cm³/mol. The average molecular weight is 307 g/mol. The van der Waals surface area contributed by atoms with Crippen LogP contribution in [-0.4, -0.2) is 40.2 Å². The van der Waals surface area contributed by atoms with Crippen LogP contribution in [0.2, 0.25) is 0 Å². The van der Waals surface area contributed by atoms with Gasteiger partial charge in [0.1, 0.15) is 24.7 Å². The molecule has 1 rings (SSSR count). The summed E-state index contributed by atoms with van der Waals surface area (Å²) in [5, 5.41) is 3.08. The van der Waals surface area contributed by atoms with E-state index in [-0.39, 0.29) is 19.3 Å². The normalized spacial score (nSPS) is 13.0. The van der Waals surface area contributed by atoms with Gasteiger partial charge in [-0.15, -0.1) is 0 Å². The molecule has 1 N–H and O–H groups in total. The number of hydrogen-bond donors (Lipinski definition) is 1. The molecule has 0 aliphatic heterocycles. The third kappa shape index (κ3) is 6.22. The fraction of sp³-hybridized carbons (Fsp3) is 0.571. The van der Waals surface area contributed by atoms with Crippen molar-refractivity contribution in [3.05, 3.63) is 23.8 Å². The van der Waals surface area contributed by atoms with E-state index in [9.17, 15) is 13.2 Å². The number of methoxy groups -OCH3 is 1. The Morgan fingerprint density at radius 3 is 2.52 bits per heavy atom. The van der Waals surface area contributed by atoms with Crippen LogP contribution in [0.25, 0.3) is 0 Å². The number of nitrogens with one attached hydrogen (secondary N) is 1. The van der Waals surface area contributed by atoms with Crippen LogP contribution in [0.15, 0.2) is 18.2 Å². The summed E-state index contributed by atoms with van der Waals surface area (Å²) < 4.78 is 50.9. The van der Waals surface area contributed by atoms with Gasteiger partial charge < -0.3 is 19.5 Å². The molecule has 7 heteroatoms. The molecule has 0 aliphatic carbocycles. The van der Waals surface area contributed by atoms with Crippen LogP contribution in [-0.2, 0) is 4.74 Å². The zero-order valence-corrected chi connectivity index (χ0v) is 12.3. The Labute approximate surface area is 122 Å². The summed E-state index contributed by atoms with van der Waals surface area (Å²) in [7, 11) is 3.35. The summed E-state index contributed by atoms with van der Waals surface area (Å²) in [5.41, 5.74) is 0.897. The molecule has 0 radical (unpaired) electrons. The van der Waals surface area contributed by atoms with Gasteiger partial charge in [-0.3, -0.25) is 0 Å². The monoisotopic (exact) mass is 307 g/mol. The van der Waals surface area contributed by atoms with E-state index in [0.717, 1.165) is 5.56 Å². The van der Waals surface area contributed by atoms with Crippen molar-refractivity contribution in [2.45, 2.75) is 19.1 Å². The Morgan fingerprint density at radius 2 is 1.95 bits per heavy atom. The maximum absolute atomic E-state index is 11.9. The number of benzene rings is 1. The predicted octanol–water partition coefficient (Wildman–Crippen LogP) is 2.93. The zero-order chi connectivity index (χ0) is 15.9. The van der Waals surface area contributed by atoms with Crippen LogP contribution in [0, 0.1) is 0 Å². The van der Waals surface area contributed by atoms with E-state index in [4.69, 9.17) is 9.47 Å². The smallest absolute Gasteiger partial charge is 0.411 e. The van der Waals surface area contributed by atoms with Gasteiger partial charge in [-0.25, -0.2) is 0 Å². The number of rotatable bonds is 8. The molecule has 21 heavy (non-hydrogen) atoms. The highest BCUT2D eigenvalue weighted by molar-refractivity contribution is 5.42. The van der Waals surface area contributed by atoms with Gasteiger partial charge in [0.25, 0.3) is 0 Å². The van der Waals surface area contributed by atoms with Crippen molar-refractivity contribution in [2.24, 2.45) is 0 Å². The minimum Gasteiger partial charge on any atom is -0.497 e. The van der Waals surface area contributed by atoms with Gasteiger partial charge >= 0.3 is 6.18 Å². The van der Waals surface area contributed by atoms with E-state index in [1.807, 2.05) is 20.0 Å². The summed E-state index contributed by atoms with van der Waals surface area (Å²) in [6.07, 6.45) is -4.32. The van der Waals surface area contributed by atoms with Crippen molar-refractivity contribution < 1.29 is 27.4 Å². The standard InChI is InChI=1S/C14H20F3NO3/c1-10(18-2)12-5-4-11(19-3)8-13(12)21-7-6-20-9-14(15,16)17/h4-5,8,10,18H,6-7,9H2,1-3H3. The third-order valence-electron chi connectivity index (χ3n) is 2.87. The Bertz CT molecular complexity index is 438. The summed E-state index contributed by atoms with van der Waals surface area (Å²) in [4.78, 5) is 0. The van der Waals surface area contributed by atoms with Crippen molar-refractivity contribution in [1.82, 2.24) is 5.32 Å². The molecule has 1 aromatic carbocycles. The van der Waals surface area contributed by atoms with Crippen LogP contribution in [0.4, 0.5) is 13.2 Å². The van der Waals surface area contributed by atoms with E-state index < -0.39 is 12.8 Å². The number of ether oxygens (including phenoxy) is 3. The first kappa shape index (κ1) is 17.6. The lowest BCUT2D eigenvalue weighted by Crippen LogP contribution is -2.20. The lowest BCUT2D eigenvalue weighted by Gasteiger charge is -2.17. The molecule has 120 valence electrons. The second kappa shape index (κ2) is 8.09. The third-order valence-corrected chi connectivity index (χ3v) is 2.87. The van der Waals surface area contributed by atoms with Gasteiger partial charge in [0, 0.05) is 17.7 Å². The fourth-order valence-corrected chi connectivity index (χ4v) is 1.68. The molecule has 1 atom stereocenters. The van der Waals surface area contributed by atoms with Crippen LogP contribution in [0.1, 0.15) is 18.5 Å². The molecule has 0 aliphatic rings. The van der Waals surface area contributed by atoms with Crippen molar-refractivity contribution in [3.63, 3.8) is 0 Å². The molecule has 0 saturated carbocycles. The lowest BCUT2D eigenvalue weighted by molar-refractivity contribution is -0.175. The van der Waals surface area contributed by atoms with Gasteiger partial charge in [-0.05, 0) is 20.0 Å². The Morgan fingerprint density at radius 1 is 1.24 bits per heavy atom. The molecular formula is C14H20F3NO3. The molecule has 0 heterocycles. The Balaban J connectivity index is 2.59. The second-order valence-electron chi connectivity index (χ2n) is 4.43. The summed E-state index contributed by atoms with van der Waals surface area (Å²) in [5.74, 6) is 1.18. The SMILES string of the molecule is CNC(C)c1ccc(OC)cc1OCCOCC(F)(F)F. The van der Waals surface area contributed by atoms with Crippen molar-refractivity contribution in [2.75, 3.05) is 34.0 Å². The average Bonchev–Trinajstić information content (AvgIpc) is 2.44. The van der Waals surface area contributed by atoms with Crippen LogP contribution in [0.5, 0.6) is 11.5 Å². The van der Waals surface area contributed by atoms with Gasteiger partial charge in [0.05, 0.1) is 13.7 Å². The Hall–Kier alpha value is -1.47. The van der Waals surface area contributed by atoms with Crippen molar-refractivity contribution in [3.8, 4) is 11.5 Å². The molecule has 4 nitrogen and oxygen atoms in total. The van der Waals surface area contributed by atoms with Gasteiger partial charge in [0.2, 0.25) is 0 Å². The molecular weight excluding hydrogens is 287 g/mol. The highest BCUT2D eigenvalue weighted by atomic mass is 19.4. The van der Waals surface area contributed by atoms with E-state index in [1.165, 1.54) is 7.11 Å². The fourth-order valence-electron chi connectivity index (χ4n) is 1.68. The van der Waals surface area contributed by atoms with E-state index in [1.54, 1.807) is 12.1 Å². The topological polar surface area (TPSA) is 39.7 Å². The summed E-state index contributed by atoms with van der Waals surface area (Å²) in [6, 6.07) is 5.40. The van der Waals surface area contributed by atoms with Crippen molar-refractivity contribution >= 4 is 0 Å². The highest BCUT2D eigenvalue weighted by Crippen LogP contribution is 2.29. The van der Waals surface area contributed by atoms with Crippen LogP contribution < -0.4 is 14.8 Å². The first-order valence-electron chi connectivity index (χ1n) is 6.50. The molecule has 0 saturated heterocycles. The maximum Gasteiger partial charge on any atom is 0.411 e. The van der Waals surface area contributed by atoms with Gasteiger partial charge in [-0.2, -0.15) is 13.2 Å². The van der Waals surface area contributed by atoms with Crippen LogP contribution in [0.3, 0.4) is 0 Å². The number of alkyl halides is 3. The molecule has 1 aromatic rings. The molecule has 0 fully saturated rings. The first-order chi connectivity index (χ1) is 9.87. The summed E-state index contributed by atoms with van der Waals surface area (Å²) in [6.45, 7) is 0.583. The van der Waals surface area contributed by atoms with Crippen LogP contribution >= 0.6 is 0 Å². The minimum absolute atomic E-state index is 0.0344. The number of halogens is 3. The summed E-state index contributed by atoms with van der Waals surface area (Å²) >= 11 is 0. The van der Waals surface area contributed by atoms with Gasteiger partial charge in [0.15, 0.2) is 0 Å². The molecule has 0 aromatic heterocycles. The van der Waals surface area contributed by atoms with E-state index in [0.29, 0.717) is 11.5 Å². The minimum atomic E-state index is -4.32. The molecule has 0 bridgehead atoms. The zero-order valence-electron chi connectivity index (χ0n) is 12.3. The Kier molecular flexibility index (Phi) is 6.77. The second-order valence-corrected chi connectivity index (χ2v) is 4.43. The molecule has 0 spiro atoms. The van der Waals surface area contributed by atoms with Gasteiger partial charge in [-0.1, -0.05) is 6.07 Å². The first-order valence-corrected chi connectivity index (χ1v) is 6.50. The van der Waals surface area contributed by atoms with Crippen molar-refractivity contribution in [1.29, 1.82) is 0 Å². The highest BCUT2D eigenvalue weighted by Gasteiger charge is 2.27. The quantitative estimate of drug-likeness (QED) is 0.750. The number of hydrogen-bond acceptors (Lipinski definition) is 4. The lowest BCUT2D eigenvalue weighted by atomic mass is 10.1.